The first-order valence-corrected chi connectivity index (χ1v) is 9.26. The van der Waals surface area contributed by atoms with E-state index < -0.39 is 10.8 Å². The molecule has 1 aromatic carbocycles. The smallest absolute Gasteiger partial charge is 0.293 e. The maximum Gasteiger partial charge on any atom is 0.312 e. The van der Waals surface area contributed by atoms with E-state index in [1.165, 1.54) is 11.0 Å². The Morgan fingerprint density at radius 2 is 2.03 bits per heavy atom. The third-order valence-electron chi connectivity index (χ3n) is 4.48. The molecular weight excluding hydrogens is 398 g/mol. The van der Waals surface area contributed by atoms with Gasteiger partial charge in [-0.1, -0.05) is 36.7 Å². The van der Waals surface area contributed by atoms with Gasteiger partial charge < -0.3 is 0 Å². The average molecular weight is 418 g/mol. The van der Waals surface area contributed by atoms with Crippen LogP contribution in [0.25, 0.3) is 0 Å². The van der Waals surface area contributed by atoms with Crippen LogP contribution in [-0.4, -0.2) is 35.4 Å². The maximum absolute atomic E-state index is 12.5. The fourth-order valence-corrected chi connectivity index (χ4v) is 3.13. The molecule has 2 aromatic heterocycles. The number of carbonyl (C=O) groups is 1. The quantitative estimate of drug-likeness (QED) is 0.466. The number of aryl methyl sites for hydroxylation is 1. The van der Waals surface area contributed by atoms with E-state index in [9.17, 15) is 14.9 Å². The molecule has 11 heteroatoms. The molecule has 3 rings (SSSR count). The Hall–Kier alpha value is -3.27. The lowest BCUT2D eigenvalue weighted by Gasteiger charge is -2.11. The molecule has 152 valence electrons. The van der Waals surface area contributed by atoms with Gasteiger partial charge in [0.15, 0.2) is 0 Å². The Morgan fingerprint density at radius 3 is 2.69 bits per heavy atom. The molecular formula is C18H20ClN7O3. The summed E-state index contributed by atoms with van der Waals surface area (Å²) in [6.07, 6.45) is 1.51. The number of hydrogen-bond donors (Lipinski definition) is 1. The first-order chi connectivity index (χ1) is 13.8. The largest absolute Gasteiger partial charge is 0.312 e. The highest BCUT2D eigenvalue weighted by molar-refractivity contribution is 6.31. The normalized spacial score (nSPS) is 12.0. The van der Waals surface area contributed by atoms with Gasteiger partial charge in [0.2, 0.25) is 11.9 Å². The van der Waals surface area contributed by atoms with Gasteiger partial charge in [-0.3, -0.25) is 24.9 Å². The zero-order chi connectivity index (χ0) is 21.1. The molecule has 1 atom stereocenters. The maximum atomic E-state index is 12.5. The Morgan fingerprint density at radius 1 is 1.31 bits per heavy atom. The van der Waals surface area contributed by atoms with Crippen molar-refractivity contribution in [3.8, 4) is 0 Å². The van der Waals surface area contributed by atoms with E-state index in [0.29, 0.717) is 23.0 Å². The van der Waals surface area contributed by atoms with Gasteiger partial charge in [0, 0.05) is 5.02 Å². The van der Waals surface area contributed by atoms with Gasteiger partial charge >= 0.3 is 5.69 Å². The van der Waals surface area contributed by atoms with Gasteiger partial charge in [0.1, 0.15) is 17.7 Å². The molecule has 0 radical (unpaired) electrons. The van der Waals surface area contributed by atoms with E-state index in [4.69, 9.17) is 11.6 Å². The number of aromatic nitrogens is 5. The third-order valence-corrected chi connectivity index (χ3v) is 4.85. The Balaban J connectivity index is 1.63. The average Bonchev–Trinajstić information content (AvgIpc) is 3.20. The SMILES string of the molecule is Cc1nn(CC(C)C(=O)Nc2ncn(Cc3ccccc3Cl)n2)c(C)c1[N+](=O)[O-]. The summed E-state index contributed by atoms with van der Waals surface area (Å²) < 4.78 is 3.05. The first-order valence-electron chi connectivity index (χ1n) is 8.88. The zero-order valence-electron chi connectivity index (χ0n) is 16.2. The fourth-order valence-electron chi connectivity index (χ4n) is 2.93. The minimum absolute atomic E-state index is 0.0300. The zero-order valence-corrected chi connectivity index (χ0v) is 16.9. The van der Waals surface area contributed by atoms with Gasteiger partial charge in [-0.15, -0.1) is 5.10 Å². The number of nitro groups is 1. The third kappa shape index (κ3) is 4.60. The highest BCUT2D eigenvalue weighted by atomic mass is 35.5. The first kappa shape index (κ1) is 20.5. The molecule has 0 aliphatic carbocycles. The van der Waals surface area contributed by atoms with Crippen LogP contribution in [0, 0.1) is 29.9 Å². The van der Waals surface area contributed by atoms with E-state index in [-0.39, 0.29) is 24.1 Å². The monoisotopic (exact) mass is 417 g/mol. The topological polar surface area (TPSA) is 121 Å². The molecule has 3 aromatic rings. The molecule has 0 saturated carbocycles. The lowest BCUT2D eigenvalue weighted by Crippen LogP contribution is -2.26. The number of carbonyl (C=O) groups excluding carboxylic acids is 1. The second-order valence-electron chi connectivity index (χ2n) is 6.71. The van der Waals surface area contributed by atoms with Crippen molar-refractivity contribution in [3.63, 3.8) is 0 Å². The van der Waals surface area contributed by atoms with Crippen molar-refractivity contribution in [2.24, 2.45) is 5.92 Å². The van der Waals surface area contributed by atoms with Crippen molar-refractivity contribution < 1.29 is 9.72 Å². The molecule has 0 fully saturated rings. The molecule has 0 aliphatic heterocycles. The summed E-state index contributed by atoms with van der Waals surface area (Å²) in [5.74, 6) is -0.632. The van der Waals surface area contributed by atoms with E-state index in [2.05, 4.69) is 20.5 Å². The van der Waals surface area contributed by atoms with Crippen LogP contribution in [0.3, 0.4) is 0 Å². The Kier molecular flexibility index (Phi) is 5.92. The second kappa shape index (κ2) is 8.39. The predicted octanol–water partition coefficient (Wildman–Crippen LogP) is 2.98. The van der Waals surface area contributed by atoms with E-state index in [1.54, 1.807) is 31.5 Å². The van der Waals surface area contributed by atoms with Gasteiger partial charge in [-0.05, 0) is 25.5 Å². The van der Waals surface area contributed by atoms with Crippen LogP contribution >= 0.6 is 11.6 Å². The molecule has 0 saturated heterocycles. The van der Waals surface area contributed by atoms with Gasteiger partial charge in [0.05, 0.1) is 23.9 Å². The fraction of sp³-hybridized carbons (Fsp3) is 0.333. The van der Waals surface area contributed by atoms with Crippen LogP contribution in [0.4, 0.5) is 11.6 Å². The summed E-state index contributed by atoms with van der Waals surface area (Å²) in [6.45, 7) is 5.52. The Bertz CT molecular complexity index is 1060. The van der Waals surface area contributed by atoms with E-state index >= 15 is 0 Å². The minimum Gasteiger partial charge on any atom is -0.293 e. The number of benzene rings is 1. The molecule has 1 unspecified atom stereocenters. The molecule has 0 spiro atoms. The predicted molar refractivity (Wildman–Crippen MR) is 107 cm³/mol. The number of anilines is 1. The van der Waals surface area contributed by atoms with E-state index in [0.717, 1.165) is 5.56 Å². The van der Waals surface area contributed by atoms with Crippen molar-refractivity contribution in [1.29, 1.82) is 0 Å². The van der Waals surface area contributed by atoms with Crippen LogP contribution < -0.4 is 5.32 Å². The van der Waals surface area contributed by atoms with Crippen molar-refractivity contribution >= 4 is 29.1 Å². The van der Waals surface area contributed by atoms with Gasteiger partial charge in [0.25, 0.3) is 0 Å². The van der Waals surface area contributed by atoms with Gasteiger partial charge in [-0.25, -0.2) is 9.67 Å². The molecule has 29 heavy (non-hydrogen) atoms. The van der Waals surface area contributed by atoms with Crippen molar-refractivity contribution in [2.45, 2.75) is 33.9 Å². The van der Waals surface area contributed by atoms with Crippen LogP contribution in [0.1, 0.15) is 23.9 Å². The van der Waals surface area contributed by atoms with E-state index in [1.807, 2.05) is 18.2 Å². The molecule has 1 N–H and O–H groups in total. The summed E-state index contributed by atoms with van der Waals surface area (Å²) in [5.41, 5.74) is 1.59. The lowest BCUT2D eigenvalue weighted by atomic mass is 10.1. The van der Waals surface area contributed by atoms with Crippen LogP contribution in [0.2, 0.25) is 5.02 Å². The molecule has 0 aliphatic rings. The number of rotatable bonds is 7. The van der Waals surface area contributed by atoms with Gasteiger partial charge in [-0.2, -0.15) is 5.10 Å². The Labute approximate surface area is 171 Å². The summed E-state index contributed by atoms with van der Waals surface area (Å²) in [5, 5.41) is 22.8. The van der Waals surface area contributed by atoms with Crippen LogP contribution in [-0.2, 0) is 17.9 Å². The van der Waals surface area contributed by atoms with Crippen molar-refractivity contribution in [1.82, 2.24) is 24.5 Å². The highest BCUT2D eigenvalue weighted by Crippen LogP contribution is 2.22. The molecule has 0 bridgehead atoms. The van der Waals surface area contributed by atoms with Crippen molar-refractivity contribution in [2.75, 3.05) is 5.32 Å². The second-order valence-corrected chi connectivity index (χ2v) is 7.11. The number of hydrogen-bond acceptors (Lipinski definition) is 6. The number of amides is 1. The summed E-state index contributed by atoms with van der Waals surface area (Å²) in [4.78, 5) is 27.2. The molecule has 1 amide bonds. The summed E-state index contributed by atoms with van der Waals surface area (Å²) in [6, 6.07) is 7.41. The standard InChI is InChI=1S/C18H20ClN7O3/c1-11(8-25-13(3)16(26(28)29)12(2)22-25)17(27)21-18-20-10-24(23-18)9-14-6-4-5-7-15(14)19/h4-7,10-11H,8-9H2,1-3H3,(H,21,23,27). The van der Waals surface area contributed by atoms with Crippen LogP contribution in [0.5, 0.6) is 0 Å². The summed E-state index contributed by atoms with van der Waals surface area (Å²) in [7, 11) is 0. The molecule has 10 nitrogen and oxygen atoms in total. The summed E-state index contributed by atoms with van der Waals surface area (Å²) >= 11 is 6.15. The van der Waals surface area contributed by atoms with Crippen molar-refractivity contribution in [3.05, 3.63) is 62.7 Å². The lowest BCUT2D eigenvalue weighted by molar-refractivity contribution is -0.386. The molecule has 2 heterocycles. The van der Waals surface area contributed by atoms with Crippen LogP contribution in [0.15, 0.2) is 30.6 Å². The number of halogens is 1. The highest BCUT2D eigenvalue weighted by Gasteiger charge is 2.24. The number of nitrogens with one attached hydrogen (secondary N) is 1. The number of nitrogens with zero attached hydrogens (tertiary/aromatic N) is 6. The minimum atomic E-state index is -0.497.